The molecule has 0 fully saturated rings. The van der Waals surface area contributed by atoms with Crippen molar-refractivity contribution in [1.29, 1.82) is 0 Å². The molecule has 0 aliphatic heterocycles. The predicted molar refractivity (Wildman–Crippen MR) is 163 cm³/mol. The van der Waals surface area contributed by atoms with E-state index in [0.29, 0.717) is 18.0 Å². The van der Waals surface area contributed by atoms with E-state index in [1.54, 1.807) is 31.2 Å². The first-order valence-corrected chi connectivity index (χ1v) is 15.4. The standard InChI is InChI=1S/C30H36BrN3O6S/c1-6-17-32-30(36)22(3)33(19-23-9-11-24(31)12-10-23)29(35)20-34(25-13-7-21(2)8-14-25)41(37,38)26-15-16-27(39-4)28(18-26)40-5/h7-16,18,22H,6,17,19-20H2,1-5H3,(H,32,36)/t22-/m0/s1. The molecule has 2 amide bonds. The summed E-state index contributed by atoms with van der Waals surface area (Å²) in [5.74, 6) is -0.238. The Hall–Kier alpha value is -3.57. The molecule has 3 aromatic rings. The smallest absolute Gasteiger partial charge is 0.264 e. The quantitative estimate of drug-likeness (QED) is 0.283. The highest BCUT2D eigenvalue weighted by molar-refractivity contribution is 9.10. The van der Waals surface area contributed by atoms with Crippen molar-refractivity contribution in [3.8, 4) is 11.5 Å². The average Bonchev–Trinajstić information content (AvgIpc) is 2.97. The van der Waals surface area contributed by atoms with Crippen molar-refractivity contribution < 1.29 is 27.5 Å². The van der Waals surface area contributed by atoms with Crippen LogP contribution >= 0.6 is 15.9 Å². The number of hydrogen-bond donors (Lipinski definition) is 1. The lowest BCUT2D eigenvalue weighted by Gasteiger charge is -2.32. The number of anilines is 1. The van der Waals surface area contributed by atoms with Gasteiger partial charge < -0.3 is 19.7 Å². The summed E-state index contributed by atoms with van der Waals surface area (Å²) < 4.78 is 40.6. The van der Waals surface area contributed by atoms with Gasteiger partial charge in [0.25, 0.3) is 10.0 Å². The van der Waals surface area contributed by atoms with Gasteiger partial charge in [0, 0.05) is 23.6 Å². The normalized spacial score (nSPS) is 11.9. The van der Waals surface area contributed by atoms with E-state index in [1.165, 1.54) is 37.3 Å². The second-order valence-corrected chi connectivity index (χ2v) is 12.3. The molecule has 0 unspecified atom stereocenters. The molecule has 41 heavy (non-hydrogen) atoms. The molecule has 3 aromatic carbocycles. The summed E-state index contributed by atoms with van der Waals surface area (Å²) in [7, 11) is -1.37. The molecule has 1 N–H and O–H groups in total. The van der Waals surface area contributed by atoms with Crippen molar-refractivity contribution in [1.82, 2.24) is 10.2 Å². The van der Waals surface area contributed by atoms with Gasteiger partial charge in [-0.05, 0) is 62.2 Å². The predicted octanol–water partition coefficient (Wildman–Crippen LogP) is 4.91. The van der Waals surface area contributed by atoms with Crippen LogP contribution in [-0.4, -0.2) is 58.5 Å². The third-order valence-corrected chi connectivity index (χ3v) is 8.83. The van der Waals surface area contributed by atoms with Crippen molar-refractivity contribution in [2.45, 2.75) is 44.7 Å². The zero-order chi connectivity index (χ0) is 30.2. The van der Waals surface area contributed by atoms with Crippen molar-refractivity contribution >= 4 is 43.5 Å². The van der Waals surface area contributed by atoms with Crippen molar-refractivity contribution in [2.24, 2.45) is 0 Å². The summed E-state index contributed by atoms with van der Waals surface area (Å²) in [5, 5.41) is 2.84. The van der Waals surface area contributed by atoms with Gasteiger partial charge in [-0.3, -0.25) is 13.9 Å². The molecule has 0 heterocycles. The van der Waals surface area contributed by atoms with E-state index in [9.17, 15) is 18.0 Å². The molecule has 11 heteroatoms. The summed E-state index contributed by atoms with van der Waals surface area (Å²) >= 11 is 3.41. The molecule has 0 spiro atoms. The van der Waals surface area contributed by atoms with Crippen LogP contribution in [0.25, 0.3) is 0 Å². The Balaban J connectivity index is 2.05. The first-order valence-electron chi connectivity index (χ1n) is 13.1. The van der Waals surface area contributed by atoms with Crippen LogP contribution in [0.15, 0.2) is 76.1 Å². The Morgan fingerprint density at radius 1 is 0.951 bits per heavy atom. The molecule has 0 saturated carbocycles. The molecule has 0 aliphatic rings. The van der Waals surface area contributed by atoms with E-state index in [4.69, 9.17) is 9.47 Å². The van der Waals surface area contributed by atoms with Crippen LogP contribution in [0.4, 0.5) is 5.69 Å². The molecular formula is C30H36BrN3O6S. The molecule has 0 aliphatic carbocycles. The van der Waals surface area contributed by atoms with Gasteiger partial charge in [0.1, 0.15) is 12.6 Å². The van der Waals surface area contributed by atoms with E-state index in [2.05, 4.69) is 21.2 Å². The minimum atomic E-state index is -4.25. The number of ether oxygens (including phenoxy) is 2. The number of methoxy groups -OCH3 is 2. The second kappa shape index (κ2) is 14.4. The SMILES string of the molecule is CCCNC(=O)[C@H](C)N(Cc1ccc(Br)cc1)C(=O)CN(c1ccc(C)cc1)S(=O)(=O)c1ccc(OC)c(OC)c1. The Labute approximate surface area is 250 Å². The van der Waals surface area contributed by atoms with Crippen LogP contribution in [0.5, 0.6) is 11.5 Å². The Morgan fingerprint density at radius 2 is 1.59 bits per heavy atom. The van der Waals surface area contributed by atoms with E-state index >= 15 is 0 Å². The topological polar surface area (TPSA) is 105 Å². The van der Waals surface area contributed by atoms with Crippen LogP contribution in [0.3, 0.4) is 0 Å². The van der Waals surface area contributed by atoms with Gasteiger partial charge in [-0.25, -0.2) is 8.42 Å². The number of sulfonamides is 1. The number of hydrogen-bond acceptors (Lipinski definition) is 6. The minimum absolute atomic E-state index is 0.0725. The van der Waals surface area contributed by atoms with Gasteiger partial charge in [-0.15, -0.1) is 0 Å². The van der Waals surface area contributed by atoms with E-state index in [0.717, 1.165) is 26.3 Å². The minimum Gasteiger partial charge on any atom is -0.493 e. The number of rotatable bonds is 13. The Morgan fingerprint density at radius 3 is 2.17 bits per heavy atom. The van der Waals surface area contributed by atoms with Gasteiger partial charge in [0.2, 0.25) is 11.8 Å². The van der Waals surface area contributed by atoms with Gasteiger partial charge in [-0.2, -0.15) is 0 Å². The van der Waals surface area contributed by atoms with Crippen LogP contribution in [0.2, 0.25) is 0 Å². The van der Waals surface area contributed by atoms with Crippen LogP contribution in [0.1, 0.15) is 31.4 Å². The molecule has 0 radical (unpaired) electrons. The number of aryl methyl sites for hydroxylation is 1. The van der Waals surface area contributed by atoms with Crippen LogP contribution < -0.4 is 19.1 Å². The number of halogens is 1. The first kappa shape index (κ1) is 32.0. The molecule has 3 rings (SSSR count). The monoisotopic (exact) mass is 645 g/mol. The lowest BCUT2D eigenvalue weighted by atomic mass is 10.1. The van der Waals surface area contributed by atoms with Gasteiger partial charge in [0.05, 0.1) is 24.8 Å². The fourth-order valence-electron chi connectivity index (χ4n) is 4.11. The number of carbonyl (C=O) groups excluding carboxylic acids is 2. The average molecular weight is 647 g/mol. The number of carbonyl (C=O) groups is 2. The number of nitrogens with one attached hydrogen (secondary N) is 1. The highest BCUT2D eigenvalue weighted by Gasteiger charge is 2.33. The fraction of sp³-hybridized carbons (Fsp3) is 0.333. The van der Waals surface area contributed by atoms with Crippen molar-refractivity contribution in [2.75, 3.05) is 31.6 Å². The first-order chi connectivity index (χ1) is 19.5. The van der Waals surface area contributed by atoms with Gasteiger partial charge in [0.15, 0.2) is 11.5 Å². The number of nitrogens with zero attached hydrogens (tertiary/aromatic N) is 2. The summed E-state index contributed by atoms with van der Waals surface area (Å²) in [6.45, 7) is 5.52. The maximum atomic E-state index is 14.1. The molecule has 1 atom stereocenters. The van der Waals surface area contributed by atoms with Crippen molar-refractivity contribution in [3.05, 3.63) is 82.3 Å². The van der Waals surface area contributed by atoms with Gasteiger partial charge >= 0.3 is 0 Å². The summed E-state index contributed by atoms with van der Waals surface area (Å²) in [5.41, 5.74) is 2.04. The van der Waals surface area contributed by atoms with E-state index in [-0.39, 0.29) is 23.1 Å². The lowest BCUT2D eigenvalue weighted by Crippen LogP contribution is -2.51. The van der Waals surface area contributed by atoms with E-state index in [1.807, 2.05) is 38.1 Å². The highest BCUT2D eigenvalue weighted by Crippen LogP contribution is 2.32. The molecule has 0 aromatic heterocycles. The summed E-state index contributed by atoms with van der Waals surface area (Å²) in [6.07, 6.45) is 0.740. The summed E-state index contributed by atoms with van der Waals surface area (Å²) in [6, 6.07) is 17.7. The maximum Gasteiger partial charge on any atom is 0.264 e. The largest absolute Gasteiger partial charge is 0.493 e. The Kier molecular flexibility index (Phi) is 11.2. The summed E-state index contributed by atoms with van der Waals surface area (Å²) in [4.78, 5) is 28.3. The number of benzene rings is 3. The fourth-order valence-corrected chi connectivity index (χ4v) is 5.80. The van der Waals surface area contributed by atoms with Crippen LogP contribution in [-0.2, 0) is 26.2 Å². The maximum absolute atomic E-state index is 14.1. The van der Waals surface area contributed by atoms with Crippen LogP contribution in [0, 0.1) is 6.92 Å². The zero-order valence-electron chi connectivity index (χ0n) is 23.9. The lowest BCUT2D eigenvalue weighted by molar-refractivity contribution is -0.139. The molecule has 9 nitrogen and oxygen atoms in total. The zero-order valence-corrected chi connectivity index (χ0v) is 26.3. The molecule has 220 valence electrons. The van der Waals surface area contributed by atoms with Crippen molar-refractivity contribution in [3.63, 3.8) is 0 Å². The molecule has 0 saturated heterocycles. The second-order valence-electron chi connectivity index (χ2n) is 9.48. The molecular weight excluding hydrogens is 610 g/mol. The van der Waals surface area contributed by atoms with E-state index < -0.39 is 28.5 Å². The van der Waals surface area contributed by atoms with Gasteiger partial charge in [-0.1, -0.05) is 52.7 Å². The third-order valence-electron chi connectivity index (χ3n) is 6.53. The molecule has 0 bridgehead atoms. The highest BCUT2D eigenvalue weighted by atomic mass is 79.9. The Bertz CT molecular complexity index is 1450. The number of amides is 2. The third kappa shape index (κ3) is 8.01.